The zero-order chi connectivity index (χ0) is 18.4. The number of aryl methyl sites for hydroxylation is 1. The van der Waals surface area contributed by atoms with Crippen molar-refractivity contribution in [3.8, 4) is 0 Å². The highest BCUT2D eigenvalue weighted by molar-refractivity contribution is 5.68. The first-order valence-corrected chi connectivity index (χ1v) is 9.36. The highest BCUT2D eigenvalue weighted by Gasteiger charge is 2.37. The van der Waals surface area contributed by atoms with E-state index in [4.69, 9.17) is 9.15 Å². The number of nitrogens with one attached hydrogen (secondary N) is 1. The van der Waals surface area contributed by atoms with Gasteiger partial charge in [0.2, 0.25) is 0 Å². The van der Waals surface area contributed by atoms with Crippen LogP contribution in [0.15, 0.2) is 10.5 Å². The molecule has 1 aromatic rings. The van der Waals surface area contributed by atoms with Crippen molar-refractivity contribution in [2.75, 3.05) is 13.1 Å². The molecule has 1 aliphatic heterocycles. The quantitative estimate of drug-likeness (QED) is 0.870. The van der Waals surface area contributed by atoms with Gasteiger partial charge in [-0.2, -0.15) is 0 Å². The molecule has 0 aromatic carbocycles. The summed E-state index contributed by atoms with van der Waals surface area (Å²) in [6.45, 7) is 13.8. The summed E-state index contributed by atoms with van der Waals surface area (Å²) in [6.07, 6.45) is 2.83. The van der Waals surface area contributed by atoms with E-state index in [1.165, 1.54) is 5.56 Å². The smallest absolute Gasteiger partial charge is 0.410 e. The van der Waals surface area contributed by atoms with Crippen molar-refractivity contribution in [2.24, 2.45) is 5.41 Å². The van der Waals surface area contributed by atoms with Crippen molar-refractivity contribution in [2.45, 2.75) is 78.5 Å². The molecule has 2 heterocycles. The fraction of sp³-hybridized carbons (Fsp3) is 0.750. The Labute approximate surface area is 151 Å². The molecule has 0 spiro atoms. The molecule has 5 heteroatoms. The summed E-state index contributed by atoms with van der Waals surface area (Å²) in [5, 5.41) is 3.78. The van der Waals surface area contributed by atoms with Gasteiger partial charge in [0.1, 0.15) is 17.1 Å². The molecule has 2 aliphatic rings. The minimum atomic E-state index is -0.445. The summed E-state index contributed by atoms with van der Waals surface area (Å²) < 4.78 is 11.4. The second-order valence-corrected chi connectivity index (χ2v) is 9.41. The van der Waals surface area contributed by atoms with E-state index in [-0.39, 0.29) is 11.5 Å². The van der Waals surface area contributed by atoms with Crippen LogP contribution in [0.1, 0.15) is 70.6 Å². The Morgan fingerprint density at radius 3 is 2.80 bits per heavy atom. The van der Waals surface area contributed by atoms with Gasteiger partial charge >= 0.3 is 6.09 Å². The van der Waals surface area contributed by atoms with E-state index >= 15 is 0 Å². The van der Waals surface area contributed by atoms with Gasteiger partial charge < -0.3 is 19.4 Å². The Bertz CT molecular complexity index is 642. The van der Waals surface area contributed by atoms with Crippen molar-refractivity contribution in [3.63, 3.8) is 0 Å². The zero-order valence-electron chi connectivity index (χ0n) is 16.4. The lowest BCUT2D eigenvalue weighted by Crippen LogP contribution is -2.41. The standard InChI is InChI=1S/C20H32N2O3/c1-13-9-15-16(10-20(5,6)11-17(15)24-13)21-14-7-8-22(12-14)18(23)25-19(2,3)4/h9,14,16,21H,7-8,10-12H2,1-6H3. The Hall–Kier alpha value is -1.49. The largest absolute Gasteiger partial charge is 0.466 e. The lowest BCUT2D eigenvalue weighted by atomic mass is 9.74. The Morgan fingerprint density at radius 1 is 1.40 bits per heavy atom. The average Bonchev–Trinajstić information content (AvgIpc) is 3.01. The van der Waals surface area contributed by atoms with Crippen molar-refractivity contribution in [1.82, 2.24) is 10.2 Å². The second kappa shape index (κ2) is 6.35. The molecule has 0 saturated carbocycles. The lowest BCUT2D eigenvalue weighted by Gasteiger charge is -2.36. The van der Waals surface area contributed by atoms with Crippen molar-refractivity contribution in [3.05, 3.63) is 23.2 Å². The molecule has 1 aliphatic carbocycles. The first-order valence-electron chi connectivity index (χ1n) is 9.36. The first-order chi connectivity index (χ1) is 11.5. The molecule has 1 N–H and O–H groups in total. The Morgan fingerprint density at radius 2 is 2.12 bits per heavy atom. The van der Waals surface area contributed by atoms with Crippen LogP contribution in [-0.2, 0) is 11.2 Å². The van der Waals surface area contributed by atoms with E-state index in [1.807, 2.05) is 32.6 Å². The number of carbonyl (C=O) groups is 1. The third-order valence-corrected chi connectivity index (χ3v) is 5.01. The van der Waals surface area contributed by atoms with Crippen LogP contribution < -0.4 is 5.32 Å². The van der Waals surface area contributed by atoms with Crippen LogP contribution in [0, 0.1) is 12.3 Å². The predicted octanol–water partition coefficient (Wildman–Crippen LogP) is 4.20. The zero-order valence-corrected chi connectivity index (χ0v) is 16.4. The molecule has 1 aromatic heterocycles. The van der Waals surface area contributed by atoms with Gasteiger partial charge in [-0.25, -0.2) is 4.79 Å². The van der Waals surface area contributed by atoms with Gasteiger partial charge in [0.05, 0.1) is 0 Å². The van der Waals surface area contributed by atoms with Crippen LogP contribution in [0.3, 0.4) is 0 Å². The van der Waals surface area contributed by atoms with Crippen molar-refractivity contribution >= 4 is 6.09 Å². The molecule has 1 fully saturated rings. The van der Waals surface area contributed by atoms with Gasteiger partial charge in [-0.05, 0) is 52.0 Å². The number of fused-ring (bicyclic) bond motifs is 1. The number of nitrogens with zero attached hydrogens (tertiary/aromatic N) is 1. The number of ether oxygens (including phenoxy) is 1. The molecular weight excluding hydrogens is 316 g/mol. The Balaban J connectivity index is 1.64. The van der Waals surface area contributed by atoms with E-state index in [1.54, 1.807) is 0 Å². The third-order valence-electron chi connectivity index (χ3n) is 5.01. The van der Waals surface area contributed by atoms with E-state index < -0.39 is 5.60 Å². The Kier molecular flexibility index (Phi) is 4.65. The summed E-state index contributed by atoms with van der Waals surface area (Å²) in [5.41, 5.74) is 1.07. The molecule has 25 heavy (non-hydrogen) atoms. The van der Waals surface area contributed by atoms with Crippen LogP contribution in [0.4, 0.5) is 4.79 Å². The van der Waals surface area contributed by atoms with Crippen LogP contribution >= 0.6 is 0 Å². The molecule has 140 valence electrons. The summed E-state index contributed by atoms with van der Waals surface area (Å²) in [4.78, 5) is 14.1. The van der Waals surface area contributed by atoms with E-state index in [2.05, 4.69) is 25.2 Å². The lowest BCUT2D eigenvalue weighted by molar-refractivity contribution is 0.0289. The van der Waals surface area contributed by atoms with Crippen LogP contribution in [0.5, 0.6) is 0 Å². The molecular formula is C20H32N2O3. The minimum absolute atomic E-state index is 0.208. The summed E-state index contributed by atoms with van der Waals surface area (Å²) >= 11 is 0. The van der Waals surface area contributed by atoms with Crippen molar-refractivity contribution in [1.29, 1.82) is 0 Å². The van der Waals surface area contributed by atoms with Gasteiger partial charge in [0, 0.05) is 37.2 Å². The maximum absolute atomic E-state index is 12.3. The topological polar surface area (TPSA) is 54.7 Å². The van der Waals surface area contributed by atoms with Crippen molar-refractivity contribution < 1.29 is 13.9 Å². The molecule has 5 nitrogen and oxygen atoms in total. The average molecular weight is 348 g/mol. The molecule has 1 amide bonds. The summed E-state index contributed by atoms with van der Waals surface area (Å²) in [5.74, 6) is 2.10. The number of hydrogen-bond acceptors (Lipinski definition) is 4. The molecule has 0 bridgehead atoms. The van der Waals surface area contributed by atoms with Gasteiger partial charge in [0.15, 0.2) is 0 Å². The number of amides is 1. The number of likely N-dealkylation sites (tertiary alicyclic amines) is 1. The molecule has 2 unspecified atom stereocenters. The highest BCUT2D eigenvalue weighted by Crippen LogP contribution is 2.42. The number of hydrogen-bond donors (Lipinski definition) is 1. The fourth-order valence-electron chi connectivity index (χ4n) is 4.01. The summed E-state index contributed by atoms with van der Waals surface area (Å²) in [7, 11) is 0. The van der Waals surface area contributed by atoms with Gasteiger partial charge in [-0.15, -0.1) is 0 Å². The third kappa shape index (κ3) is 4.38. The molecule has 1 saturated heterocycles. The SMILES string of the molecule is Cc1cc2c(o1)CC(C)(C)CC2NC1CCN(C(=O)OC(C)(C)C)C1. The van der Waals surface area contributed by atoms with E-state index in [0.717, 1.165) is 37.3 Å². The highest BCUT2D eigenvalue weighted by atomic mass is 16.6. The number of furan rings is 1. The van der Waals surface area contributed by atoms with E-state index in [9.17, 15) is 4.79 Å². The van der Waals surface area contributed by atoms with E-state index in [0.29, 0.717) is 18.6 Å². The van der Waals surface area contributed by atoms with Gasteiger partial charge in [-0.1, -0.05) is 13.8 Å². The predicted molar refractivity (Wildman–Crippen MR) is 97.6 cm³/mol. The first kappa shape index (κ1) is 18.3. The van der Waals surface area contributed by atoms with Gasteiger partial charge in [0.25, 0.3) is 0 Å². The maximum Gasteiger partial charge on any atom is 0.410 e. The second-order valence-electron chi connectivity index (χ2n) is 9.41. The molecule has 0 radical (unpaired) electrons. The number of rotatable bonds is 2. The number of carbonyl (C=O) groups excluding carboxylic acids is 1. The fourth-order valence-corrected chi connectivity index (χ4v) is 4.01. The normalized spacial score (nSPS) is 25.8. The summed E-state index contributed by atoms with van der Waals surface area (Å²) in [6, 6.07) is 2.76. The maximum atomic E-state index is 12.3. The van der Waals surface area contributed by atoms with Crippen LogP contribution in [0.2, 0.25) is 0 Å². The van der Waals surface area contributed by atoms with Crippen LogP contribution in [0.25, 0.3) is 0 Å². The molecule has 2 atom stereocenters. The monoisotopic (exact) mass is 348 g/mol. The minimum Gasteiger partial charge on any atom is -0.466 e. The molecule has 3 rings (SSSR count). The van der Waals surface area contributed by atoms with Crippen LogP contribution in [-0.4, -0.2) is 35.7 Å². The van der Waals surface area contributed by atoms with Gasteiger partial charge in [-0.3, -0.25) is 0 Å².